The molecule has 3 fully saturated rings. The Morgan fingerprint density at radius 1 is 1.27 bits per heavy atom. The number of halogens is 2. The number of nitrogens with one attached hydrogen (secondary N) is 1. The third-order valence-electron chi connectivity index (χ3n) is 5.48. The molecule has 2 unspecified atom stereocenters. The van der Waals surface area contributed by atoms with E-state index in [1.165, 1.54) is 10.6 Å². The van der Waals surface area contributed by atoms with Gasteiger partial charge < -0.3 is 5.32 Å². The maximum atomic E-state index is 12.9. The predicted octanol–water partition coefficient (Wildman–Crippen LogP) is 1.35. The molecule has 5 nitrogen and oxygen atoms in total. The lowest BCUT2D eigenvalue weighted by Crippen LogP contribution is -2.53. The maximum absolute atomic E-state index is 12.9. The largest absolute Gasteiger partial charge is 0.353 e. The third-order valence-corrected chi connectivity index (χ3v) is 6.73. The summed E-state index contributed by atoms with van der Waals surface area (Å²) in [4.78, 5) is 12.5. The summed E-state index contributed by atoms with van der Waals surface area (Å²) in [6.45, 7) is 0.828. The number of carbonyl (C=O) groups excluding carboxylic acids is 1. The van der Waals surface area contributed by atoms with E-state index < -0.39 is 22.0 Å². The molecular weight excluding hydrogens is 314 g/mol. The van der Waals surface area contributed by atoms with Crippen LogP contribution in [0.1, 0.15) is 38.5 Å². The average Bonchev–Trinajstić information content (AvgIpc) is 2.94. The second-order valence-corrected chi connectivity index (χ2v) is 9.11. The van der Waals surface area contributed by atoms with Gasteiger partial charge in [-0.1, -0.05) is 6.42 Å². The molecule has 0 bridgehead atoms. The highest BCUT2D eigenvalue weighted by Gasteiger charge is 2.53. The van der Waals surface area contributed by atoms with E-state index in [1.807, 2.05) is 0 Å². The van der Waals surface area contributed by atoms with E-state index in [-0.39, 0.29) is 30.1 Å². The second-order valence-electron chi connectivity index (χ2n) is 7.12. The van der Waals surface area contributed by atoms with Crippen molar-refractivity contribution in [3.05, 3.63) is 0 Å². The van der Waals surface area contributed by atoms with Gasteiger partial charge in [0.25, 0.3) is 5.92 Å². The number of rotatable bonds is 3. The number of carbonyl (C=O) groups is 1. The molecule has 8 heteroatoms. The predicted molar refractivity (Wildman–Crippen MR) is 76.9 cm³/mol. The molecule has 0 aromatic rings. The minimum absolute atomic E-state index is 0.173. The Morgan fingerprint density at radius 2 is 1.95 bits per heavy atom. The van der Waals surface area contributed by atoms with Gasteiger partial charge in [0.2, 0.25) is 15.9 Å². The Labute approximate surface area is 129 Å². The molecule has 22 heavy (non-hydrogen) atoms. The number of alkyl halides is 2. The summed E-state index contributed by atoms with van der Waals surface area (Å²) in [5.41, 5.74) is -0.306. The molecule has 3 aliphatic rings. The summed E-state index contributed by atoms with van der Waals surface area (Å²) in [6, 6.07) is -0.437. The van der Waals surface area contributed by atoms with Crippen molar-refractivity contribution in [2.24, 2.45) is 11.3 Å². The molecule has 1 saturated heterocycles. The Hall–Kier alpha value is -0.760. The van der Waals surface area contributed by atoms with Crippen LogP contribution in [0.2, 0.25) is 0 Å². The molecule has 126 valence electrons. The number of hydrogen-bond acceptors (Lipinski definition) is 3. The highest BCUT2D eigenvalue weighted by atomic mass is 32.2. The van der Waals surface area contributed by atoms with Gasteiger partial charge in [-0.25, -0.2) is 21.5 Å². The monoisotopic (exact) mass is 336 g/mol. The van der Waals surface area contributed by atoms with Gasteiger partial charge >= 0.3 is 0 Å². The first kappa shape index (κ1) is 16.1. The van der Waals surface area contributed by atoms with Gasteiger partial charge in [-0.2, -0.15) is 0 Å². The standard InChI is InChI=1S/C14H22F2N2O3S/c1-22(20,21)18-6-5-13(9-18)4-2-3-11(13)12(19)17-10-7-14(15,16)8-10/h10-11H,2-9H2,1H3,(H,17,19). The minimum atomic E-state index is -3.24. The Balaban J connectivity index is 1.65. The topological polar surface area (TPSA) is 66.5 Å². The lowest BCUT2D eigenvalue weighted by molar-refractivity contribution is -0.135. The van der Waals surface area contributed by atoms with Crippen molar-refractivity contribution < 1.29 is 22.0 Å². The summed E-state index contributed by atoms with van der Waals surface area (Å²) in [7, 11) is -3.24. The normalized spacial score (nSPS) is 35.7. The first-order valence-electron chi connectivity index (χ1n) is 7.75. The van der Waals surface area contributed by atoms with Gasteiger partial charge in [-0.15, -0.1) is 0 Å². The van der Waals surface area contributed by atoms with Crippen LogP contribution in [0.5, 0.6) is 0 Å². The highest BCUT2D eigenvalue weighted by molar-refractivity contribution is 7.88. The van der Waals surface area contributed by atoms with Gasteiger partial charge in [-0.05, 0) is 24.7 Å². The summed E-state index contributed by atoms with van der Waals surface area (Å²) in [6.07, 6.45) is 3.73. The van der Waals surface area contributed by atoms with E-state index in [4.69, 9.17) is 0 Å². The van der Waals surface area contributed by atoms with Gasteiger partial charge in [-0.3, -0.25) is 4.79 Å². The zero-order chi connectivity index (χ0) is 16.2. The van der Waals surface area contributed by atoms with E-state index in [9.17, 15) is 22.0 Å². The van der Waals surface area contributed by atoms with Crippen LogP contribution in [0.25, 0.3) is 0 Å². The van der Waals surface area contributed by atoms with E-state index in [0.717, 1.165) is 12.8 Å². The maximum Gasteiger partial charge on any atom is 0.252 e. The molecule has 1 amide bonds. The molecule has 3 rings (SSSR count). The second kappa shape index (κ2) is 5.12. The zero-order valence-corrected chi connectivity index (χ0v) is 13.5. The van der Waals surface area contributed by atoms with Crippen molar-refractivity contribution in [2.45, 2.75) is 50.5 Å². The lowest BCUT2D eigenvalue weighted by Gasteiger charge is -2.37. The van der Waals surface area contributed by atoms with E-state index >= 15 is 0 Å². The van der Waals surface area contributed by atoms with Crippen LogP contribution >= 0.6 is 0 Å². The van der Waals surface area contributed by atoms with Crippen molar-refractivity contribution in [1.29, 1.82) is 0 Å². The number of hydrogen-bond donors (Lipinski definition) is 1. The molecule has 1 N–H and O–H groups in total. The summed E-state index contributed by atoms with van der Waals surface area (Å²) >= 11 is 0. The summed E-state index contributed by atoms with van der Waals surface area (Å²) in [5, 5.41) is 2.73. The summed E-state index contributed by atoms with van der Waals surface area (Å²) in [5.74, 6) is -3.08. The van der Waals surface area contributed by atoms with Crippen LogP contribution in [0.3, 0.4) is 0 Å². The Morgan fingerprint density at radius 3 is 2.50 bits per heavy atom. The van der Waals surface area contributed by atoms with Crippen molar-refractivity contribution in [3.8, 4) is 0 Å². The fourth-order valence-corrected chi connectivity index (χ4v) is 5.16. The van der Waals surface area contributed by atoms with Crippen LogP contribution in [0, 0.1) is 11.3 Å². The number of nitrogens with zero attached hydrogens (tertiary/aromatic N) is 1. The third kappa shape index (κ3) is 2.87. The molecule has 1 heterocycles. The van der Waals surface area contributed by atoms with Crippen LogP contribution in [0.4, 0.5) is 8.78 Å². The molecule has 2 aliphatic carbocycles. The van der Waals surface area contributed by atoms with E-state index in [0.29, 0.717) is 25.9 Å². The molecule has 1 aliphatic heterocycles. The first-order valence-corrected chi connectivity index (χ1v) is 9.60. The summed E-state index contributed by atoms with van der Waals surface area (Å²) < 4.78 is 50.6. The molecular formula is C14H22F2N2O3S. The van der Waals surface area contributed by atoms with Gasteiger partial charge in [0, 0.05) is 37.9 Å². The van der Waals surface area contributed by atoms with Crippen molar-refractivity contribution in [2.75, 3.05) is 19.3 Å². The van der Waals surface area contributed by atoms with Crippen molar-refractivity contribution in [1.82, 2.24) is 9.62 Å². The van der Waals surface area contributed by atoms with Crippen molar-refractivity contribution >= 4 is 15.9 Å². The van der Waals surface area contributed by atoms with Crippen LogP contribution in [0.15, 0.2) is 0 Å². The SMILES string of the molecule is CS(=O)(=O)N1CCC2(CCCC2C(=O)NC2CC(F)(F)C2)C1. The molecule has 0 aromatic carbocycles. The number of sulfonamides is 1. The quantitative estimate of drug-likeness (QED) is 0.846. The van der Waals surface area contributed by atoms with Crippen LogP contribution in [-0.2, 0) is 14.8 Å². The van der Waals surface area contributed by atoms with Gasteiger partial charge in [0.05, 0.1) is 6.26 Å². The number of amides is 1. The molecule has 1 spiro atoms. The Kier molecular flexibility index (Phi) is 3.75. The highest BCUT2D eigenvalue weighted by Crippen LogP contribution is 2.50. The van der Waals surface area contributed by atoms with Gasteiger partial charge in [0.1, 0.15) is 0 Å². The fourth-order valence-electron chi connectivity index (χ4n) is 4.24. The van der Waals surface area contributed by atoms with Crippen LogP contribution < -0.4 is 5.32 Å². The Bertz CT molecular complexity index is 573. The lowest BCUT2D eigenvalue weighted by atomic mass is 9.76. The molecule has 0 radical (unpaired) electrons. The van der Waals surface area contributed by atoms with Crippen LogP contribution in [-0.4, -0.2) is 49.9 Å². The first-order chi connectivity index (χ1) is 10.1. The van der Waals surface area contributed by atoms with Crippen molar-refractivity contribution in [3.63, 3.8) is 0 Å². The van der Waals surface area contributed by atoms with Gasteiger partial charge in [0.15, 0.2) is 0 Å². The van der Waals surface area contributed by atoms with E-state index in [1.54, 1.807) is 0 Å². The smallest absolute Gasteiger partial charge is 0.252 e. The zero-order valence-electron chi connectivity index (χ0n) is 12.6. The molecule has 2 atom stereocenters. The average molecular weight is 336 g/mol. The minimum Gasteiger partial charge on any atom is -0.353 e. The molecule has 0 aromatic heterocycles. The fraction of sp³-hybridized carbons (Fsp3) is 0.929. The van der Waals surface area contributed by atoms with E-state index in [2.05, 4.69) is 5.32 Å². The molecule has 2 saturated carbocycles.